The van der Waals surface area contributed by atoms with Crippen molar-refractivity contribution in [3.63, 3.8) is 0 Å². The van der Waals surface area contributed by atoms with Crippen molar-refractivity contribution in [2.75, 3.05) is 64.6 Å². The van der Waals surface area contributed by atoms with E-state index in [4.69, 9.17) is 20.2 Å². The third kappa shape index (κ3) is 6.79. The predicted molar refractivity (Wildman–Crippen MR) is 168 cm³/mol. The number of anilines is 6. The van der Waals surface area contributed by atoms with Gasteiger partial charge in [0, 0.05) is 74.7 Å². The van der Waals surface area contributed by atoms with E-state index in [1.54, 1.807) is 36.7 Å². The highest BCUT2D eigenvalue weighted by Gasteiger charge is 2.25. The zero-order valence-electron chi connectivity index (χ0n) is 24.4. The van der Waals surface area contributed by atoms with E-state index in [0.29, 0.717) is 60.7 Å². The molecule has 1 amide bonds. The van der Waals surface area contributed by atoms with Gasteiger partial charge in [0.15, 0.2) is 0 Å². The second-order valence-electron chi connectivity index (χ2n) is 10.9. The summed E-state index contributed by atoms with van der Waals surface area (Å²) in [6.07, 6.45) is 4.68. The molecule has 2 aromatic carbocycles. The summed E-state index contributed by atoms with van der Waals surface area (Å²) in [7, 11) is 0. The fourth-order valence-corrected chi connectivity index (χ4v) is 5.32. The summed E-state index contributed by atoms with van der Waals surface area (Å²) < 4.78 is 0. The number of carbonyl (C=O) groups excluding carboxylic acids is 1. The number of nitrogens with one attached hydrogen (secondary N) is 2. The summed E-state index contributed by atoms with van der Waals surface area (Å²) >= 11 is 0. The standard InChI is InChI=1S/C31H35N9O4/c1-21-2-4-22(5-3-21)28(42)34-26-7-6-23(20-27(26)41)33-29-35-30(39-14-10-25(44-43)11-15-39)37-31(36-29)40-18-16-38(17-19-40)24-8-12-32-13-9-24/h2-9,12-13,20,25,41,43H,10-11,14-19H2,1H3,(H,34,42)(H,33,35,36,37). The Morgan fingerprint density at radius 1 is 0.841 bits per heavy atom. The van der Waals surface area contributed by atoms with Gasteiger partial charge in [-0.2, -0.15) is 15.0 Å². The number of hydrogen-bond acceptors (Lipinski definition) is 12. The van der Waals surface area contributed by atoms with Crippen LogP contribution in [-0.2, 0) is 4.89 Å². The lowest BCUT2D eigenvalue weighted by Gasteiger charge is -2.36. The van der Waals surface area contributed by atoms with Gasteiger partial charge in [-0.05, 0) is 56.2 Å². The van der Waals surface area contributed by atoms with Crippen LogP contribution in [0, 0.1) is 6.92 Å². The number of hydrogen-bond donors (Lipinski definition) is 4. The minimum atomic E-state index is -0.313. The van der Waals surface area contributed by atoms with E-state index in [1.807, 2.05) is 31.2 Å². The van der Waals surface area contributed by atoms with E-state index >= 15 is 0 Å². The third-order valence-corrected chi connectivity index (χ3v) is 7.89. The molecule has 4 N–H and O–H groups in total. The van der Waals surface area contributed by atoms with E-state index in [-0.39, 0.29) is 17.8 Å². The molecule has 0 bridgehead atoms. The van der Waals surface area contributed by atoms with Crippen molar-refractivity contribution >= 4 is 40.8 Å². The smallest absolute Gasteiger partial charge is 0.255 e. The molecule has 4 aromatic rings. The van der Waals surface area contributed by atoms with Gasteiger partial charge in [-0.1, -0.05) is 17.7 Å². The van der Waals surface area contributed by atoms with Gasteiger partial charge >= 0.3 is 0 Å². The molecule has 0 radical (unpaired) electrons. The number of phenols is 1. The minimum absolute atomic E-state index is 0.0942. The predicted octanol–water partition coefficient (Wildman–Crippen LogP) is 4.06. The molecule has 2 aromatic heterocycles. The summed E-state index contributed by atoms with van der Waals surface area (Å²) in [4.78, 5) is 42.1. The van der Waals surface area contributed by atoms with Crippen LogP contribution in [0.15, 0.2) is 67.0 Å². The van der Waals surface area contributed by atoms with Gasteiger partial charge in [-0.15, -0.1) is 0 Å². The number of pyridine rings is 1. The number of aromatic hydroxyl groups is 1. The lowest BCUT2D eigenvalue weighted by molar-refractivity contribution is -0.281. The molecule has 0 aliphatic carbocycles. The van der Waals surface area contributed by atoms with Gasteiger partial charge in [0.05, 0.1) is 11.8 Å². The first-order valence-corrected chi connectivity index (χ1v) is 14.6. The molecule has 0 spiro atoms. The number of piperazine rings is 1. The SMILES string of the molecule is Cc1ccc(C(=O)Nc2ccc(Nc3nc(N4CCC(OO)CC4)nc(N4CCN(c5ccncc5)CC4)n3)cc2O)cc1. The Hall–Kier alpha value is -5.01. The molecule has 13 nitrogen and oxygen atoms in total. The van der Waals surface area contributed by atoms with Crippen molar-refractivity contribution in [1.82, 2.24) is 19.9 Å². The fourth-order valence-electron chi connectivity index (χ4n) is 5.32. The molecule has 4 heterocycles. The van der Waals surface area contributed by atoms with Crippen LogP contribution in [0.4, 0.5) is 34.9 Å². The zero-order chi connectivity index (χ0) is 30.5. The molecule has 44 heavy (non-hydrogen) atoms. The molecule has 2 aliphatic rings. The average molecular weight is 598 g/mol. The first-order chi connectivity index (χ1) is 21.4. The summed E-state index contributed by atoms with van der Waals surface area (Å²) in [5.74, 6) is 1.00. The van der Waals surface area contributed by atoms with Gasteiger partial charge in [-0.3, -0.25) is 15.0 Å². The minimum Gasteiger partial charge on any atom is -0.506 e. The quantitative estimate of drug-likeness (QED) is 0.132. The van der Waals surface area contributed by atoms with E-state index in [0.717, 1.165) is 37.4 Å². The number of amides is 1. The topological polar surface area (TPSA) is 152 Å². The molecule has 2 saturated heterocycles. The molecule has 0 atom stereocenters. The van der Waals surface area contributed by atoms with Crippen LogP contribution in [0.2, 0.25) is 0 Å². The van der Waals surface area contributed by atoms with Crippen molar-refractivity contribution in [3.8, 4) is 5.75 Å². The van der Waals surface area contributed by atoms with Gasteiger partial charge in [-0.25, -0.2) is 4.89 Å². The lowest BCUT2D eigenvalue weighted by Crippen LogP contribution is -2.47. The maximum Gasteiger partial charge on any atom is 0.255 e. The molecule has 6 rings (SSSR count). The molecule has 13 heteroatoms. The van der Waals surface area contributed by atoms with Gasteiger partial charge in [0.25, 0.3) is 5.91 Å². The highest BCUT2D eigenvalue weighted by atomic mass is 17.1. The Bertz CT molecular complexity index is 1570. The van der Waals surface area contributed by atoms with Crippen molar-refractivity contribution in [3.05, 3.63) is 78.1 Å². The maximum absolute atomic E-state index is 12.7. The number of piperidine rings is 1. The first-order valence-electron chi connectivity index (χ1n) is 14.6. The maximum atomic E-state index is 12.7. The highest BCUT2D eigenvalue weighted by Crippen LogP contribution is 2.30. The van der Waals surface area contributed by atoms with Gasteiger partial charge in [0.1, 0.15) is 5.75 Å². The van der Waals surface area contributed by atoms with Crippen molar-refractivity contribution < 1.29 is 20.0 Å². The van der Waals surface area contributed by atoms with Crippen molar-refractivity contribution in [1.29, 1.82) is 0 Å². The van der Waals surface area contributed by atoms with E-state index < -0.39 is 0 Å². The summed E-state index contributed by atoms with van der Waals surface area (Å²) in [5, 5.41) is 25.8. The third-order valence-electron chi connectivity index (χ3n) is 7.89. The van der Waals surface area contributed by atoms with Gasteiger partial charge in [0.2, 0.25) is 17.8 Å². The second-order valence-corrected chi connectivity index (χ2v) is 10.9. The van der Waals surface area contributed by atoms with E-state index in [1.165, 1.54) is 6.07 Å². The van der Waals surface area contributed by atoms with Crippen LogP contribution < -0.4 is 25.3 Å². The largest absolute Gasteiger partial charge is 0.506 e. The van der Waals surface area contributed by atoms with Crippen LogP contribution in [0.5, 0.6) is 5.75 Å². The number of benzene rings is 2. The van der Waals surface area contributed by atoms with Crippen LogP contribution in [0.3, 0.4) is 0 Å². The summed E-state index contributed by atoms with van der Waals surface area (Å²) in [6.45, 7) is 6.26. The number of phenolic OH excluding ortho intramolecular Hbond substituents is 1. The fraction of sp³-hybridized carbons (Fsp3) is 0.323. The Balaban J connectivity index is 1.20. The number of aryl methyl sites for hydroxylation is 1. The average Bonchev–Trinajstić information content (AvgIpc) is 3.06. The summed E-state index contributed by atoms with van der Waals surface area (Å²) in [6, 6.07) is 16.1. The van der Waals surface area contributed by atoms with Crippen LogP contribution in [-0.4, -0.2) is 81.6 Å². The Labute approximate surface area is 255 Å². The van der Waals surface area contributed by atoms with E-state index in [2.05, 4.69) is 35.2 Å². The molecule has 0 saturated carbocycles. The van der Waals surface area contributed by atoms with Crippen molar-refractivity contribution in [2.24, 2.45) is 0 Å². The normalized spacial score (nSPS) is 15.7. The van der Waals surface area contributed by atoms with Crippen molar-refractivity contribution in [2.45, 2.75) is 25.9 Å². The first kappa shape index (κ1) is 29.1. The molecule has 0 unspecified atom stereocenters. The van der Waals surface area contributed by atoms with Crippen LogP contribution in [0.1, 0.15) is 28.8 Å². The lowest BCUT2D eigenvalue weighted by atomic mass is 10.1. The molecule has 2 aliphatic heterocycles. The number of aromatic nitrogens is 4. The Kier molecular flexibility index (Phi) is 8.66. The molecular weight excluding hydrogens is 562 g/mol. The number of rotatable bonds is 8. The zero-order valence-corrected chi connectivity index (χ0v) is 24.4. The molecule has 2 fully saturated rings. The molecular formula is C31H35N9O4. The van der Waals surface area contributed by atoms with Crippen LogP contribution in [0.25, 0.3) is 0 Å². The highest BCUT2D eigenvalue weighted by molar-refractivity contribution is 6.05. The number of nitrogens with zero attached hydrogens (tertiary/aromatic N) is 7. The second kappa shape index (κ2) is 13.1. The Morgan fingerprint density at radius 3 is 2.11 bits per heavy atom. The van der Waals surface area contributed by atoms with E-state index in [9.17, 15) is 9.90 Å². The van der Waals surface area contributed by atoms with Gasteiger partial charge < -0.3 is 30.4 Å². The monoisotopic (exact) mass is 597 g/mol. The molecule has 228 valence electrons. The number of carbonyl (C=O) groups is 1. The summed E-state index contributed by atoms with van der Waals surface area (Å²) in [5.41, 5.74) is 3.53. The Morgan fingerprint density at radius 2 is 1.48 bits per heavy atom. The van der Waals surface area contributed by atoms with Crippen LogP contribution >= 0.6 is 0 Å².